The van der Waals surface area contributed by atoms with Gasteiger partial charge in [0.1, 0.15) is 0 Å². The number of benzene rings is 2. The molecule has 0 fully saturated rings. The van der Waals surface area contributed by atoms with Crippen LogP contribution in [0.1, 0.15) is 5.69 Å². The number of pyridine rings is 1. The topological polar surface area (TPSA) is 28.5 Å². The second kappa shape index (κ2) is 7.00. The second-order valence-corrected chi connectivity index (χ2v) is 5.54. The van der Waals surface area contributed by atoms with Crippen molar-refractivity contribution in [2.45, 2.75) is 0 Å². The van der Waals surface area contributed by atoms with Crippen LogP contribution in [0.5, 0.6) is 0 Å². The van der Waals surface area contributed by atoms with E-state index in [4.69, 9.17) is 0 Å². The Morgan fingerprint density at radius 1 is 0.818 bits per heavy atom. The summed E-state index contributed by atoms with van der Waals surface area (Å²) in [4.78, 5) is 4.27. The smallest absolute Gasteiger partial charge is 0.0830 e. The Morgan fingerprint density at radius 2 is 1.50 bits per heavy atom. The van der Waals surface area contributed by atoms with Crippen LogP contribution in [0.15, 0.2) is 88.6 Å². The molecule has 0 N–H and O–H groups in total. The van der Waals surface area contributed by atoms with Crippen LogP contribution in [0.2, 0.25) is 0 Å². The molecule has 3 aromatic rings. The van der Waals surface area contributed by atoms with Gasteiger partial charge in [-0.05, 0) is 48.5 Å². The van der Waals surface area contributed by atoms with E-state index in [1.165, 1.54) is 0 Å². The molecule has 1 aromatic heterocycles. The molecule has 0 aliphatic heterocycles. The van der Waals surface area contributed by atoms with Crippen LogP contribution >= 0.6 is 15.9 Å². The molecular weight excluding hydrogens is 338 g/mol. The van der Waals surface area contributed by atoms with Crippen LogP contribution < -0.4 is 5.01 Å². The molecule has 0 aliphatic carbocycles. The summed E-state index contributed by atoms with van der Waals surface area (Å²) in [7, 11) is 0. The molecule has 0 aliphatic rings. The average Bonchev–Trinajstić information content (AvgIpc) is 2.58. The van der Waals surface area contributed by atoms with Gasteiger partial charge in [-0.25, -0.2) is 5.01 Å². The SMILES string of the molecule is Brc1ccc(N(/N=C/c2ccccn2)c2ccccc2)cc1. The number of para-hydroxylation sites is 1. The summed E-state index contributed by atoms with van der Waals surface area (Å²) in [6.45, 7) is 0. The van der Waals surface area contributed by atoms with E-state index in [-0.39, 0.29) is 0 Å². The standard InChI is InChI=1S/C18H14BrN3/c19-15-9-11-18(12-10-15)22(17-7-2-1-3-8-17)21-14-16-6-4-5-13-20-16/h1-14H/b21-14+. The van der Waals surface area contributed by atoms with Crippen LogP contribution in [0.25, 0.3) is 0 Å². The Kier molecular flexibility index (Phi) is 4.61. The van der Waals surface area contributed by atoms with Gasteiger partial charge < -0.3 is 0 Å². The largest absolute Gasteiger partial charge is 0.255 e. The number of anilines is 2. The lowest BCUT2D eigenvalue weighted by molar-refractivity contribution is 1.09. The van der Waals surface area contributed by atoms with Crippen molar-refractivity contribution >= 4 is 33.5 Å². The Balaban J connectivity index is 1.96. The number of nitrogens with zero attached hydrogens (tertiary/aromatic N) is 3. The first-order chi connectivity index (χ1) is 10.8. The van der Waals surface area contributed by atoms with Gasteiger partial charge in [-0.3, -0.25) is 4.98 Å². The number of aromatic nitrogens is 1. The molecule has 4 heteroatoms. The Morgan fingerprint density at radius 3 is 2.18 bits per heavy atom. The molecule has 0 bridgehead atoms. The van der Waals surface area contributed by atoms with E-state index in [1.54, 1.807) is 12.4 Å². The predicted octanol–water partition coefficient (Wildman–Crippen LogP) is 5.02. The second-order valence-electron chi connectivity index (χ2n) is 4.62. The van der Waals surface area contributed by atoms with Crippen LogP contribution in [0, 0.1) is 0 Å². The van der Waals surface area contributed by atoms with Gasteiger partial charge in [-0.2, -0.15) is 5.10 Å². The van der Waals surface area contributed by atoms with Gasteiger partial charge in [0, 0.05) is 10.7 Å². The molecule has 0 amide bonds. The van der Waals surface area contributed by atoms with Gasteiger partial charge in [0.15, 0.2) is 0 Å². The van der Waals surface area contributed by atoms with Crippen molar-refractivity contribution < 1.29 is 0 Å². The summed E-state index contributed by atoms with van der Waals surface area (Å²) < 4.78 is 1.04. The Hall–Kier alpha value is -2.46. The molecule has 3 nitrogen and oxygen atoms in total. The molecule has 0 spiro atoms. The Labute approximate surface area is 138 Å². The van der Waals surface area contributed by atoms with Crippen LogP contribution in [0.3, 0.4) is 0 Å². The van der Waals surface area contributed by atoms with Gasteiger partial charge in [-0.1, -0.05) is 40.2 Å². The highest BCUT2D eigenvalue weighted by Gasteiger charge is 2.07. The summed E-state index contributed by atoms with van der Waals surface area (Å²) in [5, 5.41) is 6.48. The lowest BCUT2D eigenvalue weighted by Crippen LogP contribution is -2.09. The van der Waals surface area contributed by atoms with E-state index in [9.17, 15) is 0 Å². The van der Waals surface area contributed by atoms with E-state index < -0.39 is 0 Å². The van der Waals surface area contributed by atoms with Crippen molar-refractivity contribution in [1.82, 2.24) is 4.98 Å². The molecule has 2 aromatic carbocycles. The van der Waals surface area contributed by atoms with Crippen molar-refractivity contribution in [3.63, 3.8) is 0 Å². The van der Waals surface area contributed by atoms with Crippen LogP contribution in [-0.4, -0.2) is 11.2 Å². The quantitative estimate of drug-likeness (QED) is 0.487. The molecule has 0 saturated carbocycles. The van der Waals surface area contributed by atoms with Crippen molar-refractivity contribution in [1.29, 1.82) is 0 Å². The monoisotopic (exact) mass is 351 g/mol. The van der Waals surface area contributed by atoms with Gasteiger partial charge in [0.05, 0.1) is 23.3 Å². The van der Waals surface area contributed by atoms with Gasteiger partial charge in [-0.15, -0.1) is 0 Å². The predicted molar refractivity (Wildman–Crippen MR) is 94.6 cm³/mol. The molecule has 22 heavy (non-hydrogen) atoms. The summed E-state index contributed by atoms with van der Waals surface area (Å²) >= 11 is 3.46. The summed E-state index contributed by atoms with van der Waals surface area (Å²) in [5.41, 5.74) is 2.80. The van der Waals surface area contributed by atoms with E-state index in [1.807, 2.05) is 77.8 Å². The van der Waals surface area contributed by atoms with Crippen molar-refractivity contribution in [3.8, 4) is 0 Å². The number of hydrogen-bond acceptors (Lipinski definition) is 3. The zero-order chi connectivity index (χ0) is 15.2. The van der Waals surface area contributed by atoms with Crippen LogP contribution in [-0.2, 0) is 0 Å². The first kappa shape index (κ1) is 14.5. The van der Waals surface area contributed by atoms with E-state index in [0.29, 0.717) is 0 Å². The van der Waals surface area contributed by atoms with Gasteiger partial charge >= 0.3 is 0 Å². The third-order valence-corrected chi connectivity index (χ3v) is 3.59. The number of hydrogen-bond donors (Lipinski definition) is 0. The first-order valence-electron chi connectivity index (χ1n) is 6.89. The fraction of sp³-hybridized carbons (Fsp3) is 0. The molecule has 0 atom stereocenters. The molecule has 108 valence electrons. The van der Waals surface area contributed by atoms with Gasteiger partial charge in [0.2, 0.25) is 0 Å². The van der Waals surface area contributed by atoms with Crippen LogP contribution in [0.4, 0.5) is 11.4 Å². The van der Waals surface area contributed by atoms with Crippen molar-refractivity contribution in [3.05, 3.63) is 89.2 Å². The summed E-state index contributed by atoms with van der Waals surface area (Å²) in [5.74, 6) is 0. The van der Waals surface area contributed by atoms with Crippen molar-refractivity contribution in [2.75, 3.05) is 5.01 Å². The first-order valence-corrected chi connectivity index (χ1v) is 7.68. The van der Waals surface area contributed by atoms with E-state index in [2.05, 4.69) is 26.0 Å². The lowest BCUT2D eigenvalue weighted by Gasteiger charge is -2.19. The maximum Gasteiger partial charge on any atom is 0.0830 e. The average molecular weight is 352 g/mol. The minimum atomic E-state index is 0.820. The third-order valence-electron chi connectivity index (χ3n) is 3.07. The molecular formula is C18H14BrN3. The fourth-order valence-electron chi connectivity index (χ4n) is 2.00. The number of halogens is 1. The normalized spacial score (nSPS) is 10.8. The zero-order valence-electron chi connectivity index (χ0n) is 11.8. The Bertz CT molecular complexity index is 740. The highest BCUT2D eigenvalue weighted by Crippen LogP contribution is 2.26. The molecule has 0 unspecified atom stereocenters. The van der Waals surface area contributed by atoms with E-state index >= 15 is 0 Å². The minimum Gasteiger partial charge on any atom is -0.255 e. The van der Waals surface area contributed by atoms with Gasteiger partial charge in [0.25, 0.3) is 0 Å². The number of hydrazone groups is 1. The minimum absolute atomic E-state index is 0.820. The molecule has 0 saturated heterocycles. The summed E-state index contributed by atoms with van der Waals surface area (Å²) in [6, 6.07) is 23.8. The lowest BCUT2D eigenvalue weighted by atomic mass is 10.2. The molecule has 0 radical (unpaired) electrons. The van der Waals surface area contributed by atoms with E-state index in [0.717, 1.165) is 21.5 Å². The molecule has 3 rings (SSSR count). The highest BCUT2D eigenvalue weighted by atomic mass is 79.9. The number of rotatable bonds is 4. The maximum absolute atomic E-state index is 4.59. The zero-order valence-corrected chi connectivity index (χ0v) is 13.4. The fourth-order valence-corrected chi connectivity index (χ4v) is 2.27. The third kappa shape index (κ3) is 3.59. The molecule has 1 heterocycles. The maximum atomic E-state index is 4.59. The highest BCUT2D eigenvalue weighted by molar-refractivity contribution is 9.10. The summed E-state index contributed by atoms with van der Waals surface area (Å²) in [6.07, 6.45) is 3.52. The van der Waals surface area contributed by atoms with Crippen molar-refractivity contribution in [2.24, 2.45) is 5.10 Å².